The van der Waals surface area contributed by atoms with Gasteiger partial charge in [0, 0.05) is 6.54 Å². The van der Waals surface area contributed by atoms with Crippen LogP contribution >= 0.6 is 12.4 Å². The van der Waals surface area contributed by atoms with Crippen molar-refractivity contribution >= 4 is 30.4 Å². The minimum absolute atomic E-state index is 0. The number of methoxy groups -OCH3 is 1. The topological polar surface area (TPSA) is 82.1 Å². The Bertz CT molecular complexity index is 687. The average molecular weight is 396 g/mol. The second-order valence-electron chi connectivity index (χ2n) is 6.69. The van der Waals surface area contributed by atoms with Crippen LogP contribution < -0.4 is 10.1 Å². The Labute approximate surface area is 165 Å². The van der Waals surface area contributed by atoms with Crippen LogP contribution in [0.1, 0.15) is 24.8 Å². The normalized spacial score (nSPS) is 20.4. The van der Waals surface area contributed by atoms with E-state index in [1.807, 2.05) is 0 Å². The summed E-state index contributed by atoms with van der Waals surface area (Å²) in [5.74, 6) is 0.305. The van der Waals surface area contributed by atoms with E-state index in [-0.39, 0.29) is 24.6 Å². The van der Waals surface area contributed by atoms with Crippen molar-refractivity contribution in [2.24, 2.45) is 0 Å². The van der Waals surface area contributed by atoms with Gasteiger partial charge in [0.1, 0.15) is 11.4 Å². The summed E-state index contributed by atoms with van der Waals surface area (Å²) in [5, 5.41) is 12.9. The summed E-state index contributed by atoms with van der Waals surface area (Å²) in [5.41, 5.74) is 0.996. The molecule has 2 aliphatic rings. The zero-order chi connectivity index (χ0) is 18.5. The number of hydrogen-bond donors (Lipinski definition) is 2. The van der Waals surface area contributed by atoms with Crippen LogP contribution in [-0.4, -0.2) is 66.2 Å². The number of carbonyl (C=O) groups excluding carboxylic acids is 2. The molecule has 2 aliphatic heterocycles. The number of carbonyl (C=O) groups is 2. The SMILES string of the molecule is COc1ccc(/C=C2\NC(=O)N(CC(O)CN3CCCCC3)C2=O)cc1.Cl. The lowest BCUT2D eigenvalue weighted by molar-refractivity contribution is -0.124. The third-order valence-electron chi connectivity index (χ3n) is 4.70. The average Bonchev–Trinajstić information content (AvgIpc) is 2.90. The first-order valence-corrected chi connectivity index (χ1v) is 8.96. The monoisotopic (exact) mass is 395 g/mol. The smallest absolute Gasteiger partial charge is 0.329 e. The first kappa shape index (κ1) is 21.2. The molecule has 2 heterocycles. The Morgan fingerprint density at radius 3 is 2.44 bits per heavy atom. The second kappa shape index (κ2) is 9.73. The fourth-order valence-electron chi connectivity index (χ4n) is 3.31. The maximum Gasteiger partial charge on any atom is 0.329 e. The highest BCUT2D eigenvalue weighted by molar-refractivity contribution is 6.14. The molecule has 2 saturated heterocycles. The number of piperidine rings is 1. The minimum atomic E-state index is -0.747. The summed E-state index contributed by atoms with van der Waals surface area (Å²) < 4.78 is 5.10. The Kier molecular flexibility index (Phi) is 7.65. The maximum atomic E-state index is 12.5. The number of urea groups is 1. The standard InChI is InChI=1S/C19H25N3O4.ClH/c1-26-16-7-5-14(6-8-16)11-17-18(24)22(19(25)20-17)13-15(23)12-21-9-3-2-4-10-21;/h5-8,11,15,23H,2-4,9-10,12-13H2,1H3,(H,20,25);1H/b17-11-;. The number of amides is 3. The number of nitrogens with one attached hydrogen (secondary N) is 1. The van der Waals surface area contributed by atoms with E-state index in [0.717, 1.165) is 42.1 Å². The third kappa shape index (κ3) is 5.45. The molecule has 0 spiro atoms. The molecular formula is C19H26ClN3O4. The Morgan fingerprint density at radius 1 is 1.15 bits per heavy atom. The second-order valence-corrected chi connectivity index (χ2v) is 6.69. The molecule has 1 unspecified atom stereocenters. The van der Waals surface area contributed by atoms with Crippen molar-refractivity contribution in [3.8, 4) is 5.75 Å². The number of aliphatic hydroxyl groups is 1. The van der Waals surface area contributed by atoms with Gasteiger partial charge in [0.05, 0.1) is 19.8 Å². The third-order valence-corrected chi connectivity index (χ3v) is 4.70. The number of aliphatic hydroxyl groups excluding tert-OH is 1. The summed E-state index contributed by atoms with van der Waals surface area (Å²) in [7, 11) is 1.58. The van der Waals surface area contributed by atoms with Gasteiger partial charge in [-0.25, -0.2) is 4.79 Å². The van der Waals surface area contributed by atoms with E-state index in [1.54, 1.807) is 37.5 Å². The first-order chi connectivity index (χ1) is 12.6. The number of ether oxygens (including phenoxy) is 1. The van der Waals surface area contributed by atoms with E-state index in [2.05, 4.69) is 10.2 Å². The molecule has 8 heteroatoms. The van der Waals surface area contributed by atoms with Crippen molar-refractivity contribution in [3.63, 3.8) is 0 Å². The predicted molar refractivity (Wildman–Crippen MR) is 105 cm³/mol. The van der Waals surface area contributed by atoms with E-state index in [9.17, 15) is 14.7 Å². The van der Waals surface area contributed by atoms with Crippen molar-refractivity contribution < 1.29 is 19.4 Å². The molecule has 0 aliphatic carbocycles. The summed E-state index contributed by atoms with van der Waals surface area (Å²) in [6.07, 6.45) is 4.36. The zero-order valence-electron chi connectivity index (χ0n) is 15.4. The van der Waals surface area contributed by atoms with E-state index < -0.39 is 18.0 Å². The molecule has 2 fully saturated rings. The predicted octanol–water partition coefficient (Wildman–Crippen LogP) is 1.86. The van der Waals surface area contributed by atoms with Gasteiger partial charge in [-0.3, -0.25) is 9.69 Å². The van der Waals surface area contributed by atoms with Crippen LogP contribution in [0.3, 0.4) is 0 Å². The van der Waals surface area contributed by atoms with Gasteiger partial charge >= 0.3 is 6.03 Å². The molecular weight excluding hydrogens is 370 g/mol. The molecule has 0 aromatic heterocycles. The fourth-order valence-corrected chi connectivity index (χ4v) is 3.31. The molecule has 0 bridgehead atoms. The number of nitrogens with zero attached hydrogens (tertiary/aromatic N) is 2. The number of rotatable bonds is 6. The van der Waals surface area contributed by atoms with E-state index in [4.69, 9.17) is 4.74 Å². The van der Waals surface area contributed by atoms with Gasteiger partial charge in [-0.1, -0.05) is 18.6 Å². The van der Waals surface area contributed by atoms with Crippen LogP contribution in [0.4, 0.5) is 4.79 Å². The molecule has 3 rings (SSSR count). The molecule has 7 nitrogen and oxygen atoms in total. The molecule has 1 aromatic carbocycles. The highest BCUT2D eigenvalue weighted by Gasteiger charge is 2.35. The number of hydrogen-bond acceptors (Lipinski definition) is 5. The van der Waals surface area contributed by atoms with Crippen molar-refractivity contribution in [1.29, 1.82) is 0 Å². The number of likely N-dealkylation sites (tertiary alicyclic amines) is 1. The molecule has 1 atom stereocenters. The van der Waals surface area contributed by atoms with Gasteiger partial charge in [-0.05, 0) is 49.7 Å². The number of benzene rings is 1. The van der Waals surface area contributed by atoms with Crippen LogP contribution in [0, 0.1) is 0 Å². The van der Waals surface area contributed by atoms with Crippen molar-refractivity contribution in [2.45, 2.75) is 25.4 Å². The zero-order valence-corrected chi connectivity index (χ0v) is 16.2. The fraction of sp³-hybridized carbons (Fsp3) is 0.474. The highest BCUT2D eigenvalue weighted by atomic mass is 35.5. The molecule has 2 N–H and O–H groups in total. The largest absolute Gasteiger partial charge is 0.497 e. The maximum absolute atomic E-state index is 12.5. The molecule has 1 aromatic rings. The van der Waals surface area contributed by atoms with E-state index in [0.29, 0.717) is 6.54 Å². The number of halogens is 1. The van der Waals surface area contributed by atoms with Gasteiger partial charge in [-0.2, -0.15) is 0 Å². The van der Waals surface area contributed by atoms with Gasteiger partial charge in [0.25, 0.3) is 5.91 Å². The van der Waals surface area contributed by atoms with Gasteiger partial charge in [0.2, 0.25) is 0 Å². The summed E-state index contributed by atoms with van der Waals surface area (Å²) in [4.78, 5) is 27.9. The molecule has 0 saturated carbocycles. The lowest BCUT2D eigenvalue weighted by atomic mass is 10.1. The number of imide groups is 1. The van der Waals surface area contributed by atoms with E-state index in [1.165, 1.54) is 6.42 Å². The van der Waals surface area contributed by atoms with Crippen LogP contribution in [0.25, 0.3) is 6.08 Å². The van der Waals surface area contributed by atoms with Gasteiger partial charge < -0.3 is 20.1 Å². The van der Waals surface area contributed by atoms with Crippen LogP contribution in [0.2, 0.25) is 0 Å². The van der Waals surface area contributed by atoms with Crippen molar-refractivity contribution in [3.05, 3.63) is 35.5 Å². The van der Waals surface area contributed by atoms with Crippen molar-refractivity contribution in [1.82, 2.24) is 15.1 Å². The Morgan fingerprint density at radius 2 is 1.81 bits per heavy atom. The lowest BCUT2D eigenvalue weighted by Gasteiger charge is -2.29. The Balaban J connectivity index is 0.00000261. The highest BCUT2D eigenvalue weighted by Crippen LogP contribution is 2.17. The van der Waals surface area contributed by atoms with E-state index >= 15 is 0 Å². The molecule has 148 valence electrons. The van der Waals surface area contributed by atoms with Gasteiger partial charge in [0.15, 0.2) is 0 Å². The van der Waals surface area contributed by atoms with Gasteiger partial charge in [-0.15, -0.1) is 12.4 Å². The molecule has 3 amide bonds. The first-order valence-electron chi connectivity index (χ1n) is 8.96. The molecule has 0 radical (unpaired) electrons. The molecule has 27 heavy (non-hydrogen) atoms. The Hall–Kier alpha value is -2.09. The summed E-state index contributed by atoms with van der Waals surface area (Å²) in [6, 6.07) is 6.69. The van der Waals surface area contributed by atoms with Crippen LogP contribution in [0.15, 0.2) is 30.0 Å². The number of β-amino-alcohol motifs (C(OH)–C–C–N with tert-alkyl or cyclic N) is 1. The minimum Gasteiger partial charge on any atom is -0.497 e. The summed E-state index contributed by atoms with van der Waals surface area (Å²) >= 11 is 0. The van der Waals surface area contributed by atoms with Crippen LogP contribution in [-0.2, 0) is 4.79 Å². The van der Waals surface area contributed by atoms with Crippen LogP contribution in [0.5, 0.6) is 5.75 Å². The van der Waals surface area contributed by atoms with Crippen molar-refractivity contribution in [2.75, 3.05) is 33.3 Å². The summed E-state index contributed by atoms with van der Waals surface area (Å²) in [6.45, 7) is 2.40. The lowest BCUT2D eigenvalue weighted by Crippen LogP contribution is -2.44. The quantitative estimate of drug-likeness (QED) is 0.567.